The van der Waals surface area contributed by atoms with E-state index in [0.29, 0.717) is 25.0 Å². The van der Waals surface area contributed by atoms with E-state index >= 15 is 0 Å². The molecule has 0 spiro atoms. The zero-order valence-corrected chi connectivity index (χ0v) is 12.4. The van der Waals surface area contributed by atoms with Gasteiger partial charge in [0.2, 0.25) is 10.0 Å². The monoisotopic (exact) mass is 288 g/mol. The Morgan fingerprint density at radius 3 is 2.58 bits per heavy atom. The topological polar surface area (TPSA) is 60.9 Å². The van der Waals surface area contributed by atoms with Crippen molar-refractivity contribution in [1.82, 2.24) is 9.21 Å². The molecule has 0 amide bonds. The number of likely N-dealkylation sites (tertiary alicyclic amines) is 1. The third kappa shape index (κ3) is 2.33. The van der Waals surface area contributed by atoms with Crippen molar-refractivity contribution in [2.24, 2.45) is 11.3 Å². The molecule has 1 saturated carbocycles. The maximum atomic E-state index is 11.7. The Morgan fingerprint density at radius 1 is 1.32 bits per heavy atom. The van der Waals surface area contributed by atoms with Gasteiger partial charge >= 0.3 is 0 Å². The van der Waals surface area contributed by atoms with Crippen LogP contribution >= 0.6 is 0 Å². The van der Waals surface area contributed by atoms with Crippen LogP contribution in [0.15, 0.2) is 0 Å². The van der Waals surface area contributed by atoms with Crippen molar-refractivity contribution in [3.8, 4) is 0 Å². The first-order chi connectivity index (χ1) is 8.94. The molecule has 3 aliphatic rings. The number of hydrogen-bond donors (Lipinski definition) is 1. The minimum atomic E-state index is -3.13. The minimum Gasteiger partial charge on any atom is -0.396 e. The van der Waals surface area contributed by atoms with Crippen LogP contribution in [-0.2, 0) is 10.0 Å². The molecule has 0 aromatic carbocycles. The molecule has 0 aromatic rings. The normalized spacial score (nSPS) is 38.1. The molecule has 0 bridgehead atoms. The summed E-state index contributed by atoms with van der Waals surface area (Å²) in [4.78, 5) is 2.52. The second kappa shape index (κ2) is 4.69. The molecule has 6 heteroatoms. The second-order valence-corrected chi connectivity index (χ2v) is 8.59. The summed E-state index contributed by atoms with van der Waals surface area (Å²) >= 11 is 0. The van der Waals surface area contributed by atoms with Gasteiger partial charge in [-0.3, -0.25) is 0 Å². The van der Waals surface area contributed by atoms with E-state index in [1.54, 1.807) is 4.31 Å². The predicted molar refractivity (Wildman–Crippen MR) is 73.3 cm³/mol. The molecule has 3 rings (SSSR count). The van der Waals surface area contributed by atoms with E-state index in [9.17, 15) is 13.5 Å². The molecular weight excluding hydrogens is 264 g/mol. The van der Waals surface area contributed by atoms with Crippen LogP contribution in [0.25, 0.3) is 0 Å². The molecule has 1 N–H and O–H groups in total. The van der Waals surface area contributed by atoms with Gasteiger partial charge < -0.3 is 10.0 Å². The molecule has 2 heterocycles. The highest BCUT2D eigenvalue weighted by molar-refractivity contribution is 7.88. The number of nitrogens with zero attached hydrogens (tertiary/aromatic N) is 2. The zero-order valence-electron chi connectivity index (χ0n) is 11.6. The molecule has 5 nitrogen and oxygen atoms in total. The van der Waals surface area contributed by atoms with Gasteiger partial charge in [0.15, 0.2) is 0 Å². The van der Waals surface area contributed by atoms with Crippen molar-refractivity contribution in [1.29, 1.82) is 0 Å². The Labute approximate surface area is 115 Å². The minimum absolute atomic E-state index is 0.113. The Kier molecular flexibility index (Phi) is 3.40. The molecule has 2 saturated heterocycles. The van der Waals surface area contributed by atoms with Gasteiger partial charge in [-0.1, -0.05) is 6.42 Å². The van der Waals surface area contributed by atoms with Gasteiger partial charge in [-0.2, -0.15) is 0 Å². The third-order valence-electron chi connectivity index (χ3n) is 5.51. The van der Waals surface area contributed by atoms with Crippen LogP contribution in [-0.4, -0.2) is 67.8 Å². The third-order valence-corrected chi connectivity index (χ3v) is 6.72. The van der Waals surface area contributed by atoms with E-state index in [-0.39, 0.29) is 12.0 Å². The summed E-state index contributed by atoms with van der Waals surface area (Å²) in [6.07, 6.45) is 6.10. The van der Waals surface area contributed by atoms with Crippen LogP contribution in [0.2, 0.25) is 0 Å². The summed E-state index contributed by atoms with van der Waals surface area (Å²) in [7, 11) is -3.13. The molecule has 110 valence electrons. The summed E-state index contributed by atoms with van der Waals surface area (Å²) in [6.45, 7) is 3.17. The number of rotatable bonds is 3. The van der Waals surface area contributed by atoms with Gasteiger partial charge in [0.05, 0.1) is 12.9 Å². The first kappa shape index (κ1) is 13.8. The lowest BCUT2D eigenvalue weighted by atomic mass is 9.72. The van der Waals surface area contributed by atoms with Crippen LogP contribution in [0.4, 0.5) is 0 Å². The molecule has 0 aromatic heterocycles. The van der Waals surface area contributed by atoms with Crippen molar-refractivity contribution in [2.75, 3.05) is 39.0 Å². The summed E-state index contributed by atoms with van der Waals surface area (Å²) < 4.78 is 25.1. The van der Waals surface area contributed by atoms with Gasteiger partial charge in [0.1, 0.15) is 0 Å². The van der Waals surface area contributed by atoms with Crippen LogP contribution in [0.3, 0.4) is 0 Å². The smallest absolute Gasteiger partial charge is 0.211 e. The summed E-state index contributed by atoms with van der Waals surface area (Å²) in [5, 5.41) is 9.79. The summed E-state index contributed by atoms with van der Waals surface area (Å²) in [5.41, 5.74) is -0.191. The van der Waals surface area contributed by atoms with Crippen molar-refractivity contribution in [3.05, 3.63) is 0 Å². The maximum absolute atomic E-state index is 11.7. The Hall–Kier alpha value is -0.170. The van der Waals surface area contributed by atoms with E-state index in [2.05, 4.69) is 4.90 Å². The highest BCUT2D eigenvalue weighted by Gasteiger charge is 2.51. The van der Waals surface area contributed by atoms with E-state index in [1.165, 1.54) is 25.5 Å². The van der Waals surface area contributed by atoms with Gasteiger partial charge in [-0.25, -0.2) is 12.7 Å². The SMILES string of the molecule is CS(=O)(=O)N1C[C@H]2CN(C3CCC3)CC[C@@]2(CO)C1. The average Bonchev–Trinajstić information content (AvgIpc) is 2.66. The largest absolute Gasteiger partial charge is 0.396 e. The van der Waals surface area contributed by atoms with Crippen LogP contribution < -0.4 is 0 Å². The number of sulfonamides is 1. The number of aliphatic hydroxyl groups excluding tert-OH is 1. The average molecular weight is 288 g/mol. The quantitative estimate of drug-likeness (QED) is 0.801. The fourth-order valence-corrected chi connectivity index (χ4v) is 4.80. The molecule has 3 fully saturated rings. The lowest BCUT2D eigenvalue weighted by Gasteiger charge is -2.47. The van der Waals surface area contributed by atoms with E-state index in [4.69, 9.17) is 0 Å². The van der Waals surface area contributed by atoms with E-state index in [1.807, 2.05) is 0 Å². The number of hydrogen-bond acceptors (Lipinski definition) is 4. The standard InChI is InChI=1S/C13H24N2O3S/c1-19(17,18)15-8-11-7-14(12-3-2-4-12)6-5-13(11,9-15)10-16/h11-12,16H,2-10H2,1H3/t11-,13+/m1/s1. The fourth-order valence-electron chi connectivity index (χ4n) is 3.85. The molecule has 19 heavy (non-hydrogen) atoms. The number of piperidine rings is 1. The predicted octanol–water partition coefficient (Wildman–Crippen LogP) is 0.115. The number of aliphatic hydroxyl groups is 1. The van der Waals surface area contributed by atoms with Gasteiger partial charge in [-0.15, -0.1) is 0 Å². The highest BCUT2D eigenvalue weighted by Crippen LogP contribution is 2.44. The van der Waals surface area contributed by atoms with Crippen molar-refractivity contribution in [3.63, 3.8) is 0 Å². The van der Waals surface area contributed by atoms with Crippen LogP contribution in [0.5, 0.6) is 0 Å². The van der Waals surface area contributed by atoms with E-state index in [0.717, 1.165) is 19.5 Å². The van der Waals surface area contributed by atoms with Crippen LogP contribution in [0, 0.1) is 11.3 Å². The summed E-state index contributed by atoms with van der Waals surface area (Å²) in [6, 6.07) is 0.712. The molecule has 0 radical (unpaired) electrons. The first-order valence-electron chi connectivity index (χ1n) is 7.25. The maximum Gasteiger partial charge on any atom is 0.211 e. The molecule has 1 aliphatic carbocycles. The molecular formula is C13H24N2O3S. The first-order valence-corrected chi connectivity index (χ1v) is 9.09. The van der Waals surface area contributed by atoms with Crippen molar-refractivity contribution in [2.45, 2.75) is 31.7 Å². The molecule has 2 atom stereocenters. The highest BCUT2D eigenvalue weighted by atomic mass is 32.2. The zero-order chi connectivity index (χ0) is 13.7. The van der Waals surface area contributed by atoms with Gasteiger partial charge in [-0.05, 0) is 31.7 Å². The Morgan fingerprint density at radius 2 is 2.05 bits per heavy atom. The van der Waals surface area contributed by atoms with Gasteiger partial charge in [0.25, 0.3) is 0 Å². The second-order valence-electron chi connectivity index (χ2n) is 6.60. The summed E-state index contributed by atoms with van der Waals surface area (Å²) in [5.74, 6) is 0.293. The van der Waals surface area contributed by atoms with E-state index < -0.39 is 10.0 Å². The van der Waals surface area contributed by atoms with Crippen molar-refractivity contribution < 1.29 is 13.5 Å². The molecule has 2 aliphatic heterocycles. The Bertz CT molecular complexity index is 449. The number of fused-ring (bicyclic) bond motifs is 1. The van der Waals surface area contributed by atoms with Crippen molar-refractivity contribution >= 4 is 10.0 Å². The lowest BCUT2D eigenvalue weighted by Crippen LogP contribution is -2.53. The lowest BCUT2D eigenvalue weighted by molar-refractivity contribution is -0.0115. The fraction of sp³-hybridized carbons (Fsp3) is 1.00. The molecule has 0 unspecified atom stereocenters. The Balaban J connectivity index is 1.75. The van der Waals surface area contributed by atoms with Crippen LogP contribution in [0.1, 0.15) is 25.7 Å². The van der Waals surface area contributed by atoms with Gasteiger partial charge in [0, 0.05) is 31.1 Å².